The number of rotatable bonds is 9. The fourth-order valence-electron chi connectivity index (χ4n) is 4.47. The van der Waals surface area contributed by atoms with Crippen LogP contribution in [0.3, 0.4) is 0 Å². The largest absolute Gasteiger partial charge is 0.426 e. The predicted molar refractivity (Wildman–Crippen MR) is 151 cm³/mol. The first-order chi connectivity index (χ1) is 18.7. The Morgan fingerprint density at radius 3 is 2.49 bits per heavy atom. The van der Waals surface area contributed by atoms with E-state index < -0.39 is 16.1 Å². The number of nitrogens with zero attached hydrogens (tertiary/aromatic N) is 2. The first-order valence-corrected chi connectivity index (χ1v) is 14.3. The van der Waals surface area contributed by atoms with E-state index in [1.54, 1.807) is 36.5 Å². The van der Waals surface area contributed by atoms with Gasteiger partial charge in [0.2, 0.25) is 10.0 Å². The second-order valence-electron chi connectivity index (χ2n) is 9.25. The molecule has 0 bridgehead atoms. The summed E-state index contributed by atoms with van der Waals surface area (Å²) in [5, 5.41) is 2.07. The molecule has 4 aromatic carbocycles. The van der Waals surface area contributed by atoms with Crippen molar-refractivity contribution < 1.29 is 17.5 Å². The maximum absolute atomic E-state index is 13.7. The molecule has 0 aliphatic heterocycles. The van der Waals surface area contributed by atoms with Crippen molar-refractivity contribution in [3.63, 3.8) is 0 Å². The molecule has 200 valence electrons. The van der Waals surface area contributed by atoms with E-state index >= 15 is 0 Å². The molecule has 0 saturated heterocycles. The van der Waals surface area contributed by atoms with Crippen molar-refractivity contribution in [1.29, 1.82) is 0 Å². The summed E-state index contributed by atoms with van der Waals surface area (Å²) in [6, 6.07) is 23.5. The maximum atomic E-state index is 13.7. The van der Waals surface area contributed by atoms with E-state index in [9.17, 15) is 12.8 Å². The number of nitrogens with one attached hydrogen (secondary N) is 1. The number of aromatic nitrogens is 2. The molecule has 0 aliphatic carbocycles. The Labute approximate surface area is 232 Å². The van der Waals surface area contributed by atoms with Crippen LogP contribution in [0.5, 0.6) is 11.8 Å². The number of sulfonamides is 1. The standard InChI is InChI=1S/C30H27ClFN3O3S/c1-3-35-29(19-33-30(35)38-24-13-11-23(32)12-14-24)28(17-21-9-7-20(2)8-10-21)34-39(36,37)25-15-16-26-22(18-25)5-4-6-27(26)31/h4-16,18-19,28,34H,3,17H2,1-2H3. The highest BCUT2D eigenvalue weighted by atomic mass is 35.5. The smallest absolute Gasteiger partial charge is 0.302 e. The van der Waals surface area contributed by atoms with Crippen molar-refractivity contribution in [2.24, 2.45) is 0 Å². The van der Waals surface area contributed by atoms with Crippen LogP contribution in [0.25, 0.3) is 10.8 Å². The van der Waals surface area contributed by atoms with E-state index in [4.69, 9.17) is 16.3 Å². The third kappa shape index (κ3) is 5.98. The Bertz CT molecular complexity index is 1720. The molecule has 1 N–H and O–H groups in total. The molecule has 1 unspecified atom stereocenters. The highest BCUT2D eigenvalue weighted by Gasteiger charge is 2.26. The van der Waals surface area contributed by atoms with Gasteiger partial charge in [0.25, 0.3) is 0 Å². The van der Waals surface area contributed by atoms with Crippen LogP contribution in [0, 0.1) is 12.7 Å². The number of hydrogen-bond donors (Lipinski definition) is 1. The maximum Gasteiger partial charge on any atom is 0.302 e. The average Bonchev–Trinajstić information content (AvgIpc) is 3.33. The molecule has 1 heterocycles. The van der Waals surface area contributed by atoms with Crippen molar-refractivity contribution in [2.75, 3.05) is 0 Å². The fraction of sp³-hybridized carbons (Fsp3) is 0.167. The third-order valence-electron chi connectivity index (χ3n) is 6.51. The first-order valence-electron chi connectivity index (χ1n) is 12.5. The monoisotopic (exact) mass is 563 g/mol. The van der Waals surface area contributed by atoms with Crippen LogP contribution in [0.1, 0.15) is 29.8 Å². The summed E-state index contributed by atoms with van der Waals surface area (Å²) < 4.78 is 51.4. The van der Waals surface area contributed by atoms with E-state index in [0.717, 1.165) is 21.9 Å². The van der Waals surface area contributed by atoms with Gasteiger partial charge in [0, 0.05) is 17.0 Å². The molecule has 0 saturated carbocycles. The molecule has 0 radical (unpaired) electrons. The second kappa shape index (κ2) is 11.2. The first kappa shape index (κ1) is 26.9. The number of halogens is 2. The van der Waals surface area contributed by atoms with Crippen LogP contribution in [0.15, 0.2) is 96.0 Å². The Balaban J connectivity index is 1.52. The fourth-order valence-corrected chi connectivity index (χ4v) is 5.96. The summed E-state index contributed by atoms with van der Waals surface area (Å²) in [6.07, 6.45) is 2.00. The minimum Gasteiger partial charge on any atom is -0.426 e. The molecule has 0 aliphatic rings. The van der Waals surface area contributed by atoms with Gasteiger partial charge >= 0.3 is 6.01 Å². The number of imidazole rings is 1. The summed E-state index contributed by atoms with van der Waals surface area (Å²) in [7, 11) is -3.94. The molecule has 0 spiro atoms. The van der Waals surface area contributed by atoms with Crippen molar-refractivity contribution in [3.8, 4) is 11.8 Å². The summed E-state index contributed by atoms with van der Waals surface area (Å²) in [5.41, 5.74) is 2.71. The van der Waals surface area contributed by atoms with Gasteiger partial charge in [-0.2, -0.15) is 0 Å². The SMILES string of the molecule is CCn1c(C(Cc2ccc(C)cc2)NS(=O)(=O)c2ccc3c(Cl)cccc3c2)cnc1Oc1ccc(F)cc1. The summed E-state index contributed by atoms with van der Waals surface area (Å²) in [4.78, 5) is 4.57. The van der Waals surface area contributed by atoms with Crippen molar-refractivity contribution in [3.05, 3.63) is 119 Å². The van der Waals surface area contributed by atoms with E-state index in [1.165, 1.54) is 24.3 Å². The number of benzene rings is 4. The number of aryl methyl sites for hydroxylation is 1. The van der Waals surface area contributed by atoms with Gasteiger partial charge < -0.3 is 4.74 Å². The molecule has 9 heteroatoms. The van der Waals surface area contributed by atoms with Crippen LogP contribution in [-0.2, 0) is 23.0 Å². The van der Waals surface area contributed by atoms with Gasteiger partial charge in [0.1, 0.15) is 11.6 Å². The predicted octanol–water partition coefficient (Wildman–Crippen LogP) is 7.21. The van der Waals surface area contributed by atoms with Gasteiger partial charge in [0.15, 0.2) is 0 Å². The Morgan fingerprint density at radius 1 is 1.03 bits per heavy atom. The quantitative estimate of drug-likeness (QED) is 0.206. The van der Waals surface area contributed by atoms with Crippen molar-refractivity contribution in [2.45, 2.75) is 37.8 Å². The van der Waals surface area contributed by atoms with Crippen LogP contribution in [0.2, 0.25) is 5.02 Å². The van der Waals surface area contributed by atoms with E-state index in [2.05, 4.69) is 9.71 Å². The van der Waals surface area contributed by atoms with Gasteiger partial charge in [-0.05, 0) is 73.7 Å². The minimum absolute atomic E-state index is 0.136. The minimum atomic E-state index is -3.94. The highest BCUT2D eigenvalue weighted by molar-refractivity contribution is 7.89. The molecule has 1 atom stereocenters. The zero-order valence-electron chi connectivity index (χ0n) is 21.4. The number of fused-ring (bicyclic) bond motifs is 1. The lowest BCUT2D eigenvalue weighted by Gasteiger charge is -2.21. The lowest BCUT2D eigenvalue weighted by Crippen LogP contribution is -2.31. The summed E-state index contributed by atoms with van der Waals surface area (Å²) in [6.45, 7) is 4.40. The Hall–Kier alpha value is -3.72. The molecule has 1 aromatic heterocycles. The number of hydrogen-bond acceptors (Lipinski definition) is 4. The van der Waals surface area contributed by atoms with Crippen LogP contribution >= 0.6 is 11.6 Å². The van der Waals surface area contributed by atoms with Crippen molar-refractivity contribution >= 4 is 32.4 Å². The molecule has 5 rings (SSSR count). The van der Waals surface area contributed by atoms with E-state index in [1.807, 2.05) is 48.7 Å². The molecule has 5 aromatic rings. The second-order valence-corrected chi connectivity index (χ2v) is 11.4. The van der Waals surface area contributed by atoms with Gasteiger partial charge in [0.05, 0.1) is 22.8 Å². The van der Waals surface area contributed by atoms with Gasteiger partial charge in [-0.15, -0.1) is 0 Å². The number of ether oxygens (including phenoxy) is 1. The van der Waals surface area contributed by atoms with E-state index in [0.29, 0.717) is 29.4 Å². The van der Waals surface area contributed by atoms with Crippen molar-refractivity contribution in [1.82, 2.24) is 14.3 Å². The lowest BCUT2D eigenvalue weighted by molar-refractivity contribution is 0.405. The highest BCUT2D eigenvalue weighted by Crippen LogP contribution is 2.30. The van der Waals surface area contributed by atoms with Crippen LogP contribution in [-0.4, -0.2) is 18.0 Å². The zero-order chi connectivity index (χ0) is 27.6. The summed E-state index contributed by atoms with van der Waals surface area (Å²) >= 11 is 6.29. The normalized spacial score (nSPS) is 12.5. The van der Waals surface area contributed by atoms with Gasteiger partial charge in [-0.25, -0.2) is 22.5 Å². The lowest BCUT2D eigenvalue weighted by atomic mass is 10.0. The molecule has 0 amide bonds. The Morgan fingerprint density at radius 2 is 1.77 bits per heavy atom. The van der Waals surface area contributed by atoms with Gasteiger partial charge in [-0.1, -0.05) is 59.6 Å². The van der Waals surface area contributed by atoms with E-state index in [-0.39, 0.29) is 16.7 Å². The third-order valence-corrected chi connectivity index (χ3v) is 8.31. The molecular formula is C30H27ClFN3O3S. The van der Waals surface area contributed by atoms with Crippen LogP contribution in [0.4, 0.5) is 4.39 Å². The molecule has 0 fully saturated rings. The topological polar surface area (TPSA) is 73.2 Å². The summed E-state index contributed by atoms with van der Waals surface area (Å²) in [5.74, 6) is 0.0548. The van der Waals surface area contributed by atoms with Gasteiger partial charge in [-0.3, -0.25) is 4.57 Å². The van der Waals surface area contributed by atoms with Crippen LogP contribution < -0.4 is 9.46 Å². The Kier molecular flexibility index (Phi) is 7.70. The molecule has 6 nitrogen and oxygen atoms in total. The molecular weight excluding hydrogens is 537 g/mol. The average molecular weight is 564 g/mol. The molecule has 39 heavy (non-hydrogen) atoms. The zero-order valence-corrected chi connectivity index (χ0v) is 23.0.